The molecule has 0 radical (unpaired) electrons. The fraction of sp³-hybridized carbons (Fsp3) is 0.471. The Bertz CT molecular complexity index is 741. The number of fused-ring (bicyclic) bond motifs is 1. The molecule has 0 bridgehead atoms. The van der Waals surface area contributed by atoms with Crippen LogP contribution in [0.1, 0.15) is 37.8 Å². The van der Waals surface area contributed by atoms with E-state index in [1.165, 1.54) is 11.0 Å². The molecule has 0 unspecified atom stereocenters. The lowest BCUT2D eigenvalue weighted by atomic mass is 9.88. The summed E-state index contributed by atoms with van der Waals surface area (Å²) in [6.07, 6.45) is -3.52. The third-order valence-electron chi connectivity index (χ3n) is 4.54. The first kappa shape index (κ1) is 17.8. The maximum absolute atomic E-state index is 13.1. The fourth-order valence-electron chi connectivity index (χ4n) is 3.33. The molecule has 2 aliphatic rings. The van der Waals surface area contributed by atoms with Crippen LogP contribution in [0.2, 0.25) is 0 Å². The number of likely N-dealkylation sites (tertiary alicyclic amines) is 1. The van der Waals surface area contributed by atoms with Crippen molar-refractivity contribution in [3.63, 3.8) is 0 Å². The second-order valence-corrected chi connectivity index (χ2v) is 6.63. The van der Waals surface area contributed by atoms with Gasteiger partial charge in [0.25, 0.3) is 0 Å². The molecule has 2 N–H and O–H groups in total. The molecule has 1 aromatic rings. The van der Waals surface area contributed by atoms with Gasteiger partial charge in [0.15, 0.2) is 0 Å². The van der Waals surface area contributed by atoms with Crippen LogP contribution < -0.4 is 10.2 Å². The number of nitrogens with zero attached hydrogens (tertiary/aromatic N) is 1. The van der Waals surface area contributed by atoms with Gasteiger partial charge in [-0.2, -0.15) is 13.2 Å². The molecule has 2 heterocycles. The molecule has 136 valence electrons. The van der Waals surface area contributed by atoms with Gasteiger partial charge in [-0.05, 0) is 38.5 Å². The van der Waals surface area contributed by atoms with Crippen LogP contribution in [0.3, 0.4) is 0 Å². The second-order valence-electron chi connectivity index (χ2n) is 6.63. The summed E-state index contributed by atoms with van der Waals surface area (Å²) in [4.78, 5) is 13.8. The number of rotatable bonds is 3. The SMILES string of the molecule is CC1(C)Oc2ccc(C(F)(F)F)cc2C(N2CCCC2=O)=C1CNO. The Balaban J connectivity index is 2.24. The zero-order chi connectivity index (χ0) is 18.4. The third-order valence-corrected chi connectivity index (χ3v) is 4.54. The lowest BCUT2D eigenvalue weighted by Crippen LogP contribution is -2.42. The van der Waals surface area contributed by atoms with E-state index >= 15 is 0 Å². The van der Waals surface area contributed by atoms with Gasteiger partial charge in [-0.1, -0.05) is 0 Å². The summed E-state index contributed by atoms with van der Waals surface area (Å²) in [7, 11) is 0. The Morgan fingerprint density at radius 3 is 2.64 bits per heavy atom. The minimum Gasteiger partial charge on any atom is -0.483 e. The number of carbonyl (C=O) groups is 1. The van der Waals surface area contributed by atoms with Crippen molar-refractivity contribution >= 4 is 11.6 Å². The summed E-state index contributed by atoms with van der Waals surface area (Å²) in [5, 5.41) is 9.19. The molecule has 25 heavy (non-hydrogen) atoms. The van der Waals surface area contributed by atoms with Crippen LogP contribution in [0.4, 0.5) is 13.2 Å². The molecule has 1 saturated heterocycles. The van der Waals surface area contributed by atoms with Gasteiger partial charge in [-0.3, -0.25) is 4.79 Å². The molecule has 1 aromatic carbocycles. The van der Waals surface area contributed by atoms with E-state index in [9.17, 15) is 23.2 Å². The molecule has 0 saturated carbocycles. The number of halogens is 3. The lowest BCUT2D eigenvalue weighted by molar-refractivity contribution is -0.137. The van der Waals surface area contributed by atoms with E-state index < -0.39 is 17.3 Å². The highest BCUT2D eigenvalue weighted by molar-refractivity contribution is 5.91. The highest BCUT2D eigenvalue weighted by atomic mass is 19.4. The van der Waals surface area contributed by atoms with E-state index in [-0.39, 0.29) is 23.8 Å². The van der Waals surface area contributed by atoms with Crippen LogP contribution in [-0.4, -0.2) is 34.7 Å². The van der Waals surface area contributed by atoms with E-state index in [1.807, 2.05) is 5.48 Å². The van der Waals surface area contributed by atoms with Gasteiger partial charge in [0.2, 0.25) is 5.91 Å². The molecule has 0 atom stereocenters. The van der Waals surface area contributed by atoms with Gasteiger partial charge < -0.3 is 14.8 Å². The number of ether oxygens (including phenoxy) is 1. The number of carbonyl (C=O) groups excluding carboxylic acids is 1. The summed E-state index contributed by atoms with van der Waals surface area (Å²) >= 11 is 0. The highest BCUT2D eigenvalue weighted by Gasteiger charge is 2.41. The predicted molar refractivity (Wildman–Crippen MR) is 83.8 cm³/mol. The largest absolute Gasteiger partial charge is 0.483 e. The van der Waals surface area contributed by atoms with Crippen molar-refractivity contribution in [3.05, 3.63) is 34.9 Å². The number of hydrogen-bond acceptors (Lipinski definition) is 4. The summed E-state index contributed by atoms with van der Waals surface area (Å²) < 4.78 is 45.3. The number of alkyl halides is 3. The number of nitrogens with one attached hydrogen (secondary N) is 1. The first-order chi connectivity index (χ1) is 11.6. The van der Waals surface area contributed by atoms with Crippen molar-refractivity contribution in [1.29, 1.82) is 0 Å². The molecule has 0 aromatic heterocycles. The number of hydroxylamine groups is 1. The van der Waals surface area contributed by atoms with Gasteiger partial charge in [0.1, 0.15) is 11.4 Å². The van der Waals surface area contributed by atoms with Gasteiger partial charge in [-0.15, -0.1) is 0 Å². The molecule has 1 fully saturated rings. The fourth-order valence-corrected chi connectivity index (χ4v) is 3.33. The van der Waals surface area contributed by atoms with Crippen LogP contribution in [0.5, 0.6) is 5.75 Å². The van der Waals surface area contributed by atoms with Gasteiger partial charge in [-0.25, -0.2) is 5.48 Å². The standard InChI is InChI=1S/C17H19F3N2O3/c1-16(2)12(9-21-24)15(22-7-3-4-14(22)23)11-8-10(17(18,19)20)5-6-13(11)25-16/h5-6,8,21,24H,3-4,7,9H2,1-2H3. The summed E-state index contributed by atoms with van der Waals surface area (Å²) in [5.74, 6) is 0.140. The number of hydrogen-bond donors (Lipinski definition) is 2. The van der Waals surface area contributed by atoms with Gasteiger partial charge in [0, 0.05) is 30.6 Å². The minimum absolute atomic E-state index is 0.0260. The van der Waals surface area contributed by atoms with Crippen molar-refractivity contribution in [2.45, 2.75) is 38.5 Å². The normalized spacial score (nSPS) is 19.9. The second kappa shape index (κ2) is 6.03. The smallest absolute Gasteiger partial charge is 0.416 e. The van der Waals surface area contributed by atoms with E-state index in [0.29, 0.717) is 30.7 Å². The van der Waals surface area contributed by atoms with E-state index in [1.54, 1.807) is 13.8 Å². The van der Waals surface area contributed by atoms with Crippen molar-refractivity contribution < 1.29 is 27.9 Å². The summed E-state index contributed by atoms with van der Waals surface area (Å²) in [5.41, 5.74) is 1.47. The van der Waals surface area contributed by atoms with Crippen LogP contribution in [0.15, 0.2) is 23.8 Å². The predicted octanol–water partition coefficient (Wildman–Crippen LogP) is 3.19. The Kier molecular flexibility index (Phi) is 4.28. The molecule has 0 spiro atoms. The van der Waals surface area contributed by atoms with E-state index in [0.717, 1.165) is 12.1 Å². The van der Waals surface area contributed by atoms with Gasteiger partial charge in [0.05, 0.1) is 11.3 Å². The van der Waals surface area contributed by atoms with E-state index in [4.69, 9.17) is 4.74 Å². The zero-order valence-corrected chi connectivity index (χ0v) is 13.9. The zero-order valence-electron chi connectivity index (χ0n) is 13.9. The Morgan fingerprint density at radius 1 is 1.36 bits per heavy atom. The minimum atomic E-state index is -4.50. The molecular weight excluding hydrogens is 337 g/mol. The maximum atomic E-state index is 13.1. The molecule has 8 heteroatoms. The van der Waals surface area contributed by atoms with Crippen LogP contribution >= 0.6 is 0 Å². The average molecular weight is 356 g/mol. The Morgan fingerprint density at radius 2 is 2.08 bits per heavy atom. The molecule has 2 aliphatic heterocycles. The quantitative estimate of drug-likeness (QED) is 0.817. The van der Waals surface area contributed by atoms with Crippen LogP contribution in [-0.2, 0) is 11.0 Å². The molecular formula is C17H19F3N2O3. The van der Waals surface area contributed by atoms with Gasteiger partial charge >= 0.3 is 6.18 Å². The molecule has 1 amide bonds. The van der Waals surface area contributed by atoms with Crippen molar-refractivity contribution in [3.8, 4) is 5.75 Å². The molecule has 3 rings (SSSR count). The number of benzene rings is 1. The lowest BCUT2D eigenvalue weighted by Gasteiger charge is -2.39. The highest BCUT2D eigenvalue weighted by Crippen LogP contribution is 2.45. The average Bonchev–Trinajstić information content (AvgIpc) is 2.92. The van der Waals surface area contributed by atoms with Crippen molar-refractivity contribution in [2.75, 3.05) is 13.1 Å². The summed E-state index contributed by atoms with van der Waals surface area (Å²) in [6.45, 7) is 3.90. The van der Waals surface area contributed by atoms with Crippen molar-refractivity contribution in [2.24, 2.45) is 0 Å². The van der Waals surface area contributed by atoms with Crippen LogP contribution in [0.25, 0.3) is 5.70 Å². The van der Waals surface area contributed by atoms with Crippen molar-refractivity contribution in [1.82, 2.24) is 10.4 Å². The maximum Gasteiger partial charge on any atom is 0.416 e. The third kappa shape index (κ3) is 3.11. The Labute approximate surface area is 143 Å². The number of amides is 1. The first-order valence-corrected chi connectivity index (χ1v) is 7.97. The van der Waals surface area contributed by atoms with E-state index in [2.05, 4.69) is 0 Å². The summed E-state index contributed by atoms with van der Waals surface area (Å²) in [6, 6.07) is 3.25. The topological polar surface area (TPSA) is 61.8 Å². The molecule has 5 nitrogen and oxygen atoms in total. The van der Waals surface area contributed by atoms with Crippen LogP contribution in [0, 0.1) is 0 Å². The molecule has 0 aliphatic carbocycles. The first-order valence-electron chi connectivity index (χ1n) is 7.97. The monoisotopic (exact) mass is 356 g/mol. The Hall–Kier alpha value is -2.06.